The first kappa shape index (κ1) is 25.5. The van der Waals surface area contributed by atoms with Gasteiger partial charge in [0.2, 0.25) is 5.91 Å². The second-order valence-corrected chi connectivity index (χ2v) is 9.44. The van der Waals surface area contributed by atoms with E-state index in [9.17, 15) is 18.0 Å². The van der Waals surface area contributed by atoms with Crippen LogP contribution in [0.15, 0.2) is 73.1 Å². The maximum Gasteiger partial charge on any atom is 0.416 e. The summed E-state index contributed by atoms with van der Waals surface area (Å²) in [6.45, 7) is 5.09. The molecule has 0 aliphatic carbocycles. The lowest BCUT2D eigenvalue weighted by Crippen LogP contribution is -2.46. The number of amides is 1. The van der Waals surface area contributed by atoms with Gasteiger partial charge in [-0.2, -0.15) is 13.2 Å². The van der Waals surface area contributed by atoms with E-state index >= 15 is 0 Å². The van der Waals surface area contributed by atoms with Crippen LogP contribution in [-0.2, 0) is 12.7 Å². The first-order chi connectivity index (χ1) is 18.2. The molecule has 3 N–H and O–H groups in total. The smallest absolute Gasteiger partial charge is 0.369 e. The van der Waals surface area contributed by atoms with Crippen LogP contribution < -0.4 is 10.6 Å². The quantitative estimate of drug-likeness (QED) is 0.353. The van der Waals surface area contributed by atoms with Crippen molar-refractivity contribution in [2.75, 3.05) is 31.1 Å². The van der Waals surface area contributed by atoms with Gasteiger partial charge < -0.3 is 15.6 Å². The molecule has 0 radical (unpaired) electrons. The van der Waals surface area contributed by atoms with Gasteiger partial charge in [-0.1, -0.05) is 36.4 Å². The van der Waals surface area contributed by atoms with Crippen molar-refractivity contribution < 1.29 is 18.0 Å². The zero-order valence-corrected chi connectivity index (χ0v) is 20.9. The molecular weight excluding hydrogens is 491 g/mol. The van der Waals surface area contributed by atoms with Crippen LogP contribution >= 0.6 is 0 Å². The van der Waals surface area contributed by atoms with Crippen LogP contribution in [0.25, 0.3) is 22.4 Å². The van der Waals surface area contributed by atoms with Crippen molar-refractivity contribution >= 4 is 11.6 Å². The van der Waals surface area contributed by atoms with Crippen LogP contribution in [0.5, 0.6) is 0 Å². The van der Waals surface area contributed by atoms with Gasteiger partial charge in [0.25, 0.3) is 0 Å². The number of pyridine rings is 1. The molecule has 6 nitrogen and oxygen atoms in total. The monoisotopic (exact) mass is 519 g/mol. The minimum atomic E-state index is -4.37. The molecule has 1 aliphatic heterocycles. The Morgan fingerprint density at radius 3 is 2.45 bits per heavy atom. The highest BCUT2D eigenvalue weighted by Crippen LogP contribution is 2.38. The summed E-state index contributed by atoms with van der Waals surface area (Å²) in [5, 5.41) is 0. The lowest BCUT2D eigenvalue weighted by atomic mass is 9.95. The summed E-state index contributed by atoms with van der Waals surface area (Å²) in [7, 11) is 0. The number of primary amides is 1. The summed E-state index contributed by atoms with van der Waals surface area (Å²) in [5.74, 6) is -0.523. The summed E-state index contributed by atoms with van der Waals surface area (Å²) < 4.78 is 39.6. The number of halogens is 3. The standard InChI is InChI=1S/C29H28F3N5O/c1-19-26(24-17-34-11-10-23(24)28(33)38)25(27(35-19)20-6-3-2-4-7-20)18-36-12-14-37(15-13-36)22-9-5-8-21(16-22)29(30,31)32/h2-11,16-17,35H,12-15,18H2,1H3,(H2,33,38). The molecule has 0 bridgehead atoms. The summed E-state index contributed by atoms with van der Waals surface area (Å²) >= 11 is 0. The molecule has 5 rings (SSSR count). The topological polar surface area (TPSA) is 78.2 Å². The summed E-state index contributed by atoms with van der Waals surface area (Å²) in [4.78, 5) is 24.3. The van der Waals surface area contributed by atoms with Gasteiger partial charge in [0.05, 0.1) is 16.8 Å². The minimum absolute atomic E-state index is 0.400. The van der Waals surface area contributed by atoms with Crippen LogP contribution in [-0.4, -0.2) is 47.0 Å². The van der Waals surface area contributed by atoms with Gasteiger partial charge in [0, 0.05) is 67.6 Å². The highest BCUT2D eigenvalue weighted by Gasteiger charge is 2.31. The molecule has 1 fully saturated rings. The molecule has 3 heterocycles. The number of aromatic nitrogens is 2. The number of rotatable bonds is 6. The van der Waals surface area contributed by atoms with E-state index < -0.39 is 17.6 Å². The Bertz CT molecular complexity index is 1440. The van der Waals surface area contributed by atoms with Crippen LogP contribution in [0.4, 0.5) is 18.9 Å². The molecule has 38 heavy (non-hydrogen) atoms. The van der Waals surface area contributed by atoms with Gasteiger partial charge in [-0.3, -0.25) is 14.7 Å². The van der Waals surface area contributed by atoms with Crippen LogP contribution in [0.2, 0.25) is 0 Å². The number of aromatic amines is 1. The van der Waals surface area contributed by atoms with Gasteiger partial charge in [-0.05, 0) is 42.3 Å². The fraction of sp³-hybridized carbons (Fsp3) is 0.241. The number of anilines is 1. The molecule has 0 unspecified atom stereocenters. The van der Waals surface area contributed by atoms with E-state index in [4.69, 9.17) is 5.73 Å². The Morgan fingerprint density at radius 2 is 1.76 bits per heavy atom. The molecule has 0 spiro atoms. The summed E-state index contributed by atoms with van der Waals surface area (Å²) in [6.07, 6.45) is -1.15. The predicted molar refractivity (Wildman–Crippen MR) is 142 cm³/mol. The number of hydrogen-bond acceptors (Lipinski definition) is 4. The number of carbonyl (C=O) groups excluding carboxylic acids is 1. The molecule has 196 valence electrons. The number of piperazine rings is 1. The largest absolute Gasteiger partial charge is 0.416 e. The second-order valence-electron chi connectivity index (χ2n) is 9.44. The number of nitrogens with zero attached hydrogens (tertiary/aromatic N) is 3. The molecule has 9 heteroatoms. The SMILES string of the molecule is Cc1[nH]c(-c2ccccc2)c(CN2CCN(c3cccc(C(F)(F)F)c3)CC2)c1-c1cnccc1C(N)=O. The van der Waals surface area contributed by atoms with Gasteiger partial charge >= 0.3 is 6.18 Å². The average Bonchev–Trinajstić information content (AvgIpc) is 3.24. The molecule has 4 aromatic rings. The van der Waals surface area contributed by atoms with Gasteiger partial charge in [-0.15, -0.1) is 0 Å². The number of alkyl halides is 3. The molecule has 0 saturated carbocycles. The number of nitrogens with two attached hydrogens (primary N) is 1. The maximum atomic E-state index is 13.2. The Morgan fingerprint density at radius 1 is 1.03 bits per heavy atom. The number of carbonyl (C=O) groups is 1. The number of H-pyrrole nitrogens is 1. The van der Waals surface area contributed by atoms with Crippen LogP contribution in [0.1, 0.15) is 27.2 Å². The van der Waals surface area contributed by atoms with Gasteiger partial charge in [0.1, 0.15) is 0 Å². The average molecular weight is 520 g/mol. The van der Waals surface area contributed by atoms with Crippen molar-refractivity contribution in [1.82, 2.24) is 14.9 Å². The molecule has 0 atom stereocenters. The summed E-state index contributed by atoms with van der Waals surface area (Å²) in [5.41, 5.74) is 11.5. The van der Waals surface area contributed by atoms with E-state index in [-0.39, 0.29) is 0 Å². The second kappa shape index (κ2) is 10.3. The Hall–Kier alpha value is -4.11. The van der Waals surface area contributed by atoms with E-state index in [0.29, 0.717) is 49.5 Å². The van der Waals surface area contributed by atoms with E-state index in [1.165, 1.54) is 12.1 Å². The molecule has 2 aromatic carbocycles. The zero-order valence-electron chi connectivity index (χ0n) is 20.9. The highest BCUT2D eigenvalue weighted by atomic mass is 19.4. The Kier molecular flexibility index (Phi) is 6.94. The molecule has 1 aliphatic rings. The van der Waals surface area contributed by atoms with Gasteiger partial charge in [-0.25, -0.2) is 0 Å². The molecular formula is C29H28F3N5O. The van der Waals surface area contributed by atoms with E-state index in [1.807, 2.05) is 42.2 Å². The first-order valence-corrected chi connectivity index (χ1v) is 12.4. The van der Waals surface area contributed by atoms with E-state index in [2.05, 4.69) is 14.9 Å². The predicted octanol–water partition coefficient (Wildman–Crippen LogP) is 5.49. The van der Waals surface area contributed by atoms with Crippen molar-refractivity contribution in [3.8, 4) is 22.4 Å². The third-order valence-corrected chi connectivity index (χ3v) is 7.00. The van der Waals surface area contributed by atoms with E-state index in [1.54, 1.807) is 24.5 Å². The Labute approximate surface area is 218 Å². The number of hydrogen-bond donors (Lipinski definition) is 2. The summed E-state index contributed by atoms with van der Waals surface area (Å²) in [6, 6.07) is 17.1. The first-order valence-electron chi connectivity index (χ1n) is 12.4. The van der Waals surface area contributed by atoms with Crippen LogP contribution in [0.3, 0.4) is 0 Å². The normalized spacial score (nSPS) is 14.6. The number of aryl methyl sites for hydroxylation is 1. The number of nitrogens with one attached hydrogen (secondary N) is 1. The van der Waals surface area contributed by atoms with Crippen molar-refractivity contribution in [3.05, 3.63) is 95.4 Å². The lowest BCUT2D eigenvalue weighted by Gasteiger charge is -2.36. The van der Waals surface area contributed by atoms with Crippen molar-refractivity contribution in [3.63, 3.8) is 0 Å². The Balaban J connectivity index is 1.45. The molecule has 1 amide bonds. The van der Waals surface area contributed by atoms with Crippen LogP contribution in [0, 0.1) is 6.92 Å². The van der Waals surface area contributed by atoms with Crippen molar-refractivity contribution in [1.29, 1.82) is 0 Å². The minimum Gasteiger partial charge on any atom is -0.369 e. The van der Waals surface area contributed by atoms with Gasteiger partial charge in [0.15, 0.2) is 0 Å². The number of benzene rings is 2. The molecule has 1 saturated heterocycles. The highest BCUT2D eigenvalue weighted by molar-refractivity contribution is 6.00. The van der Waals surface area contributed by atoms with Crippen molar-refractivity contribution in [2.45, 2.75) is 19.6 Å². The third-order valence-electron chi connectivity index (χ3n) is 7.00. The fourth-order valence-corrected chi connectivity index (χ4v) is 5.13. The van der Waals surface area contributed by atoms with E-state index in [0.717, 1.165) is 34.1 Å². The lowest BCUT2D eigenvalue weighted by molar-refractivity contribution is -0.137. The fourth-order valence-electron chi connectivity index (χ4n) is 5.13. The maximum absolute atomic E-state index is 13.2. The third kappa shape index (κ3) is 5.15. The zero-order chi connectivity index (χ0) is 26.9. The molecule has 2 aromatic heterocycles. The van der Waals surface area contributed by atoms with Crippen molar-refractivity contribution in [2.24, 2.45) is 5.73 Å².